The summed E-state index contributed by atoms with van der Waals surface area (Å²) < 4.78 is 0. The minimum atomic E-state index is 0.260. The van der Waals surface area contributed by atoms with Gasteiger partial charge in [-0.25, -0.2) is 0 Å². The number of nitrogens with zero attached hydrogens (tertiary/aromatic N) is 2. The van der Waals surface area contributed by atoms with Crippen LogP contribution >= 0.6 is 11.3 Å². The lowest BCUT2D eigenvalue weighted by molar-refractivity contribution is 0.471. The van der Waals surface area contributed by atoms with Crippen molar-refractivity contribution < 1.29 is 5.11 Å². The summed E-state index contributed by atoms with van der Waals surface area (Å²) in [7, 11) is 0. The molecule has 102 valence electrons. The monoisotopic (exact) mass is 277 g/mol. The van der Waals surface area contributed by atoms with E-state index in [1.807, 2.05) is 19.1 Å². The minimum Gasteiger partial charge on any atom is -0.508 e. The van der Waals surface area contributed by atoms with Crippen LogP contribution in [0.2, 0.25) is 0 Å². The average Bonchev–Trinajstić information content (AvgIpc) is 2.88. The third-order valence-electron chi connectivity index (χ3n) is 3.05. The van der Waals surface area contributed by atoms with Crippen molar-refractivity contribution in [3.8, 4) is 16.3 Å². The molecule has 19 heavy (non-hydrogen) atoms. The predicted octanol–water partition coefficient (Wildman–Crippen LogP) is 3.28. The van der Waals surface area contributed by atoms with E-state index in [2.05, 4.69) is 29.4 Å². The van der Waals surface area contributed by atoms with Crippen molar-refractivity contribution >= 4 is 11.3 Å². The number of nitrogens with one attached hydrogen (secondary N) is 1. The summed E-state index contributed by atoms with van der Waals surface area (Å²) in [4.78, 5) is 0. The van der Waals surface area contributed by atoms with E-state index >= 15 is 0 Å². The second-order valence-electron chi connectivity index (χ2n) is 4.47. The fraction of sp³-hybridized carbons (Fsp3) is 0.429. The number of aromatic hydroxyl groups is 1. The fourth-order valence-corrected chi connectivity index (χ4v) is 2.89. The van der Waals surface area contributed by atoms with Crippen LogP contribution in [0.15, 0.2) is 18.2 Å². The quantitative estimate of drug-likeness (QED) is 0.880. The van der Waals surface area contributed by atoms with Gasteiger partial charge in [0.15, 0.2) is 0 Å². The van der Waals surface area contributed by atoms with Gasteiger partial charge < -0.3 is 10.4 Å². The predicted molar refractivity (Wildman–Crippen MR) is 78.5 cm³/mol. The van der Waals surface area contributed by atoms with Crippen LogP contribution in [0.4, 0.5) is 0 Å². The summed E-state index contributed by atoms with van der Waals surface area (Å²) in [6.07, 6.45) is 0.988. The first-order valence-electron chi connectivity index (χ1n) is 6.52. The zero-order valence-electron chi connectivity index (χ0n) is 11.5. The van der Waals surface area contributed by atoms with Crippen LogP contribution in [0.25, 0.3) is 10.6 Å². The maximum absolute atomic E-state index is 9.75. The highest BCUT2D eigenvalue weighted by atomic mass is 32.1. The molecule has 4 nitrogen and oxygen atoms in total. The average molecular weight is 277 g/mol. The Morgan fingerprint density at radius 1 is 1.32 bits per heavy atom. The molecule has 2 aromatic rings. The number of aromatic nitrogens is 2. The van der Waals surface area contributed by atoms with E-state index in [0.717, 1.165) is 34.1 Å². The highest BCUT2D eigenvalue weighted by molar-refractivity contribution is 7.14. The van der Waals surface area contributed by atoms with Crippen LogP contribution in [0.5, 0.6) is 5.75 Å². The van der Waals surface area contributed by atoms with Gasteiger partial charge in [-0.1, -0.05) is 37.3 Å². The van der Waals surface area contributed by atoms with E-state index in [4.69, 9.17) is 0 Å². The number of hydrogen-bond acceptors (Lipinski definition) is 5. The second-order valence-corrected chi connectivity index (χ2v) is 5.47. The maximum Gasteiger partial charge on any atom is 0.147 e. The van der Waals surface area contributed by atoms with E-state index in [9.17, 15) is 5.11 Å². The molecule has 2 rings (SSSR count). The first-order chi connectivity index (χ1) is 9.15. The first kappa shape index (κ1) is 14.0. The largest absolute Gasteiger partial charge is 0.508 e. The Labute approximate surface area is 117 Å². The smallest absolute Gasteiger partial charge is 0.147 e. The van der Waals surface area contributed by atoms with Gasteiger partial charge in [0.2, 0.25) is 0 Å². The molecule has 1 heterocycles. The number of hydrogen-bond donors (Lipinski definition) is 2. The van der Waals surface area contributed by atoms with Gasteiger partial charge in [0.05, 0.1) is 6.04 Å². The van der Waals surface area contributed by atoms with Crippen molar-refractivity contribution in [1.29, 1.82) is 0 Å². The van der Waals surface area contributed by atoms with Crippen molar-refractivity contribution in [2.45, 2.75) is 33.2 Å². The van der Waals surface area contributed by atoms with E-state index in [0.29, 0.717) is 5.75 Å². The van der Waals surface area contributed by atoms with E-state index in [1.54, 1.807) is 17.4 Å². The molecule has 1 aromatic carbocycles. The van der Waals surface area contributed by atoms with Crippen molar-refractivity contribution in [2.24, 2.45) is 0 Å². The minimum absolute atomic E-state index is 0.260. The maximum atomic E-state index is 9.75. The summed E-state index contributed by atoms with van der Waals surface area (Å²) in [5.41, 5.74) is 1.78. The van der Waals surface area contributed by atoms with Crippen LogP contribution in [-0.2, 0) is 0 Å². The Kier molecular flexibility index (Phi) is 4.50. The molecule has 1 atom stereocenters. The van der Waals surface area contributed by atoms with Gasteiger partial charge in [-0.15, -0.1) is 10.2 Å². The highest BCUT2D eigenvalue weighted by Crippen LogP contribution is 2.30. The lowest BCUT2D eigenvalue weighted by Gasteiger charge is -2.10. The van der Waals surface area contributed by atoms with Gasteiger partial charge in [0, 0.05) is 5.56 Å². The van der Waals surface area contributed by atoms with Gasteiger partial charge in [-0.3, -0.25) is 0 Å². The van der Waals surface area contributed by atoms with Gasteiger partial charge >= 0.3 is 0 Å². The molecule has 0 saturated carbocycles. The fourth-order valence-electron chi connectivity index (χ4n) is 1.89. The molecule has 1 aromatic heterocycles. The SMILES string of the molecule is CCNC(CC)c1nnc(-c2ccc(C)c(O)c2)s1. The molecular weight excluding hydrogens is 258 g/mol. The summed E-state index contributed by atoms with van der Waals surface area (Å²) >= 11 is 1.58. The van der Waals surface area contributed by atoms with Gasteiger partial charge in [0.1, 0.15) is 15.8 Å². The summed E-state index contributed by atoms with van der Waals surface area (Å²) in [5, 5.41) is 23.5. The van der Waals surface area contributed by atoms with Crippen molar-refractivity contribution in [2.75, 3.05) is 6.54 Å². The number of rotatable bonds is 5. The number of phenols is 1. The zero-order chi connectivity index (χ0) is 13.8. The van der Waals surface area contributed by atoms with E-state index in [-0.39, 0.29) is 6.04 Å². The Bertz CT molecular complexity index is 553. The standard InChI is InChI=1S/C14H19N3OS/c1-4-11(15-5-2)14-17-16-13(19-14)10-7-6-9(3)12(18)8-10/h6-8,11,15,18H,4-5H2,1-3H3. The third-order valence-corrected chi connectivity index (χ3v) is 4.14. The third kappa shape index (κ3) is 3.11. The molecule has 0 spiro atoms. The molecule has 0 bridgehead atoms. The van der Waals surface area contributed by atoms with Gasteiger partial charge in [-0.2, -0.15) is 0 Å². The van der Waals surface area contributed by atoms with Crippen molar-refractivity contribution in [1.82, 2.24) is 15.5 Å². The lowest BCUT2D eigenvalue weighted by Crippen LogP contribution is -2.19. The number of phenolic OH excluding ortho intramolecular Hbond substituents is 1. The van der Waals surface area contributed by atoms with Gasteiger partial charge in [0.25, 0.3) is 0 Å². The molecule has 0 radical (unpaired) electrons. The van der Waals surface area contributed by atoms with Crippen LogP contribution < -0.4 is 5.32 Å². The molecule has 0 saturated heterocycles. The Morgan fingerprint density at radius 3 is 2.74 bits per heavy atom. The highest BCUT2D eigenvalue weighted by Gasteiger charge is 2.15. The van der Waals surface area contributed by atoms with Crippen molar-refractivity contribution in [3.63, 3.8) is 0 Å². The zero-order valence-corrected chi connectivity index (χ0v) is 12.3. The van der Waals surface area contributed by atoms with Crippen LogP contribution in [0.1, 0.15) is 36.9 Å². The van der Waals surface area contributed by atoms with E-state index < -0.39 is 0 Å². The van der Waals surface area contributed by atoms with Crippen LogP contribution in [-0.4, -0.2) is 21.8 Å². The number of aryl methyl sites for hydroxylation is 1. The normalized spacial score (nSPS) is 12.6. The molecule has 0 aliphatic carbocycles. The van der Waals surface area contributed by atoms with Crippen LogP contribution in [0, 0.1) is 6.92 Å². The first-order valence-corrected chi connectivity index (χ1v) is 7.34. The Morgan fingerprint density at radius 2 is 2.11 bits per heavy atom. The Balaban J connectivity index is 2.27. The topological polar surface area (TPSA) is 58.0 Å². The molecular formula is C14H19N3OS. The summed E-state index contributed by atoms with van der Waals surface area (Å²) in [6, 6.07) is 5.87. The molecule has 0 fully saturated rings. The van der Waals surface area contributed by atoms with Gasteiger partial charge in [-0.05, 0) is 31.5 Å². The second kappa shape index (κ2) is 6.12. The van der Waals surface area contributed by atoms with Crippen molar-refractivity contribution in [3.05, 3.63) is 28.8 Å². The van der Waals surface area contributed by atoms with E-state index in [1.165, 1.54) is 0 Å². The van der Waals surface area contributed by atoms with Crippen LogP contribution in [0.3, 0.4) is 0 Å². The lowest BCUT2D eigenvalue weighted by atomic mass is 10.1. The summed E-state index contributed by atoms with van der Waals surface area (Å²) in [6.45, 7) is 7.01. The summed E-state index contributed by atoms with van der Waals surface area (Å²) in [5.74, 6) is 0.299. The molecule has 0 aliphatic rings. The number of benzene rings is 1. The molecule has 1 unspecified atom stereocenters. The molecule has 0 amide bonds. The molecule has 0 aliphatic heterocycles. The molecule has 2 N–H and O–H groups in total. The molecule has 5 heteroatoms. The Hall–Kier alpha value is -1.46.